The molecule has 3 heterocycles. The van der Waals surface area contributed by atoms with Gasteiger partial charge in [0.15, 0.2) is 0 Å². The number of fused-ring (bicyclic) bond motifs is 1. The second-order valence-electron chi connectivity index (χ2n) is 7.69. The molecule has 146 valence electrons. The monoisotopic (exact) mass is 386 g/mol. The summed E-state index contributed by atoms with van der Waals surface area (Å²) < 4.78 is 0. The number of nitrogens with one attached hydrogen (secondary N) is 2. The molecule has 2 N–H and O–H groups in total. The van der Waals surface area contributed by atoms with Crippen molar-refractivity contribution in [1.82, 2.24) is 14.9 Å². The minimum absolute atomic E-state index is 0.117. The number of aromatic nitrogens is 2. The first-order chi connectivity index (χ1) is 14.1. The third-order valence-corrected chi connectivity index (χ3v) is 5.56. The Morgan fingerprint density at radius 1 is 1.14 bits per heavy atom. The number of benzene rings is 1. The molecule has 5 rings (SSSR count). The van der Waals surface area contributed by atoms with Gasteiger partial charge in [0.25, 0.3) is 5.91 Å². The molecule has 29 heavy (non-hydrogen) atoms. The summed E-state index contributed by atoms with van der Waals surface area (Å²) in [6, 6.07) is 14.1. The molecule has 1 aliphatic carbocycles. The molecule has 0 atom stereocenters. The summed E-state index contributed by atoms with van der Waals surface area (Å²) in [5.74, 6) is 0.442. The first-order valence-corrected chi connectivity index (χ1v) is 9.97. The van der Waals surface area contributed by atoms with E-state index in [1.54, 1.807) is 6.20 Å². The minimum atomic E-state index is -0.168. The van der Waals surface area contributed by atoms with Gasteiger partial charge in [-0.05, 0) is 30.5 Å². The molecule has 1 fully saturated rings. The zero-order chi connectivity index (χ0) is 20.0. The summed E-state index contributed by atoms with van der Waals surface area (Å²) in [5, 5.41) is 2.74. The van der Waals surface area contributed by atoms with Crippen LogP contribution in [0.4, 0.5) is 5.82 Å². The lowest BCUT2D eigenvalue weighted by molar-refractivity contribution is -0.114. The lowest BCUT2D eigenvalue weighted by atomic mass is 9.94. The van der Waals surface area contributed by atoms with Gasteiger partial charge in [-0.15, -0.1) is 0 Å². The molecule has 6 heteroatoms. The van der Waals surface area contributed by atoms with Crippen LogP contribution >= 0.6 is 0 Å². The summed E-state index contributed by atoms with van der Waals surface area (Å²) in [4.78, 5) is 34.6. The van der Waals surface area contributed by atoms with Crippen molar-refractivity contribution in [3.05, 3.63) is 59.9 Å². The smallest absolute Gasteiger partial charge is 0.256 e. The molecule has 1 aliphatic heterocycles. The number of pyridine rings is 1. The number of hydrogen-bond acceptors (Lipinski definition) is 3. The molecular weight excluding hydrogens is 364 g/mol. The molecule has 0 bridgehead atoms. The van der Waals surface area contributed by atoms with Gasteiger partial charge < -0.3 is 15.2 Å². The van der Waals surface area contributed by atoms with Crippen LogP contribution in [0.15, 0.2) is 48.7 Å². The molecule has 0 saturated heterocycles. The van der Waals surface area contributed by atoms with Crippen molar-refractivity contribution in [3.8, 4) is 22.4 Å². The molecule has 6 nitrogen and oxygen atoms in total. The van der Waals surface area contributed by atoms with E-state index in [9.17, 15) is 9.59 Å². The molecule has 2 aromatic heterocycles. The van der Waals surface area contributed by atoms with E-state index in [2.05, 4.69) is 15.3 Å². The van der Waals surface area contributed by atoms with Gasteiger partial charge >= 0.3 is 0 Å². The van der Waals surface area contributed by atoms with Gasteiger partial charge in [0.1, 0.15) is 5.82 Å². The van der Waals surface area contributed by atoms with E-state index in [0.29, 0.717) is 11.9 Å². The van der Waals surface area contributed by atoms with E-state index in [1.165, 1.54) is 6.92 Å². The Kier molecular flexibility index (Phi) is 4.19. The quantitative estimate of drug-likeness (QED) is 0.715. The lowest BCUT2D eigenvalue weighted by Gasteiger charge is -2.27. The normalized spacial score (nSPS) is 15.9. The van der Waals surface area contributed by atoms with Crippen LogP contribution in [-0.4, -0.2) is 39.3 Å². The van der Waals surface area contributed by atoms with Gasteiger partial charge in [-0.2, -0.15) is 0 Å². The number of hydrogen-bond donors (Lipinski definition) is 2. The Balaban J connectivity index is 1.68. The standard InChI is InChI=1S/C23H22N4O2/c1-14(28)25-19-13-16(9-11-24-19)22-20(15-5-3-2-4-6-15)21-18(26-22)10-12-27(23(21)29)17-7-8-17/h2-6,9,11,13,17,26H,7-8,10,12H2,1H3,(H,24,25,28). The molecule has 0 radical (unpaired) electrons. The van der Waals surface area contributed by atoms with Crippen LogP contribution in [0.2, 0.25) is 0 Å². The molecule has 0 spiro atoms. The number of carbonyl (C=O) groups excluding carboxylic acids is 2. The van der Waals surface area contributed by atoms with Crippen molar-refractivity contribution < 1.29 is 9.59 Å². The zero-order valence-corrected chi connectivity index (χ0v) is 16.2. The van der Waals surface area contributed by atoms with E-state index in [1.807, 2.05) is 47.4 Å². The Labute approximate surface area is 169 Å². The fraction of sp³-hybridized carbons (Fsp3) is 0.261. The van der Waals surface area contributed by atoms with Crippen LogP contribution < -0.4 is 5.32 Å². The van der Waals surface area contributed by atoms with Gasteiger partial charge in [0.05, 0.1) is 11.3 Å². The highest BCUT2D eigenvalue weighted by atomic mass is 16.2. The summed E-state index contributed by atoms with van der Waals surface area (Å²) >= 11 is 0. The fourth-order valence-corrected chi connectivity index (χ4v) is 4.13. The molecule has 2 aliphatic rings. The minimum Gasteiger partial charge on any atom is -0.357 e. The van der Waals surface area contributed by atoms with Gasteiger partial charge in [0, 0.05) is 48.9 Å². The topological polar surface area (TPSA) is 78.1 Å². The Bertz CT molecular complexity index is 1100. The van der Waals surface area contributed by atoms with Crippen LogP contribution in [0, 0.1) is 0 Å². The van der Waals surface area contributed by atoms with Crippen molar-refractivity contribution in [2.75, 3.05) is 11.9 Å². The molecule has 1 saturated carbocycles. The number of amides is 2. The number of nitrogens with zero attached hydrogens (tertiary/aromatic N) is 2. The van der Waals surface area contributed by atoms with E-state index in [0.717, 1.165) is 59.4 Å². The predicted molar refractivity (Wildman–Crippen MR) is 112 cm³/mol. The van der Waals surface area contributed by atoms with Crippen molar-refractivity contribution in [2.45, 2.75) is 32.2 Å². The number of anilines is 1. The van der Waals surface area contributed by atoms with Crippen LogP contribution in [0.5, 0.6) is 0 Å². The number of H-pyrrole nitrogens is 1. The van der Waals surface area contributed by atoms with Crippen LogP contribution in [0.25, 0.3) is 22.4 Å². The van der Waals surface area contributed by atoms with Gasteiger partial charge in [0.2, 0.25) is 5.91 Å². The average Bonchev–Trinajstić information content (AvgIpc) is 3.47. The Morgan fingerprint density at radius 2 is 1.93 bits per heavy atom. The number of rotatable bonds is 4. The molecule has 0 unspecified atom stereocenters. The van der Waals surface area contributed by atoms with Crippen molar-refractivity contribution in [1.29, 1.82) is 0 Å². The summed E-state index contributed by atoms with van der Waals surface area (Å²) in [5.41, 5.74) is 5.48. The number of carbonyl (C=O) groups is 2. The van der Waals surface area contributed by atoms with Gasteiger partial charge in [-0.3, -0.25) is 9.59 Å². The van der Waals surface area contributed by atoms with Crippen LogP contribution in [-0.2, 0) is 11.2 Å². The van der Waals surface area contributed by atoms with Crippen LogP contribution in [0.3, 0.4) is 0 Å². The fourth-order valence-electron chi connectivity index (χ4n) is 4.13. The maximum Gasteiger partial charge on any atom is 0.256 e. The highest BCUT2D eigenvalue weighted by Crippen LogP contribution is 2.41. The largest absolute Gasteiger partial charge is 0.357 e. The second-order valence-corrected chi connectivity index (χ2v) is 7.69. The number of aromatic amines is 1. The summed E-state index contributed by atoms with van der Waals surface area (Å²) in [6.07, 6.45) is 4.70. The Morgan fingerprint density at radius 3 is 2.66 bits per heavy atom. The van der Waals surface area contributed by atoms with Crippen LogP contribution in [0.1, 0.15) is 35.8 Å². The molecule has 2 amide bonds. The van der Waals surface area contributed by atoms with Crippen molar-refractivity contribution in [2.24, 2.45) is 0 Å². The molecule has 3 aromatic rings. The lowest BCUT2D eigenvalue weighted by Crippen LogP contribution is -2.39. The molecule has 1 aromatic carbocycles. The molecular formula is C23H22N4O2. The van der Waals surface area contributed by atoms with E-state index >= 15 is 0 Å². The highest BCUT2D eigenvalue weighted by Gasteiger charge is 2.39. The SMILES string of the molecule is CC(=O)Nc1cc(-c2[nH]c3c(c2-c2ccccc2)C(=O)N(C2CC2)CC3)ccn1. The first kappa shape index (κ1) is 17.7. The second kappa shape index (κ2) is 6.88. The summed E-state index contributed by atoms with van der Waals surface area (Å²) in [7, 11) is 0. The van der Waals surface area contributed by atoms with E-state index in [-0.39, 0.29) is 11.8 Å². The average molecular weight is 386 g/mol. The van der Waals surface area contributed by atoms with Crippen molar-refractivity contribution >= 4 is 17.6 Å². The predicted octanol–water partition coefficient (Wildman–Crippen LogP) is 3.86. The van der Waals surface area contributed by atoms with Gasteiger partial charge in [-0.1, -0.05) is 30.3 Å². The third-order valence-electron chi connectivity index (χ3n) is 5.56. The Hall–Kier alpha value is -3.41. The first-order valence-electron chi connectivity index (χ1n) is 9.97. The maximum absolute atomic E-state index is 13.4. The van der Waals surface area contributed by atoms with Crippen molar-refractivity contribution in [3.63, 3.8) is 0 Å². The third kappa shape index (κ3) is 3.20. The maximum atomic E-state index is 13.4. The highest BCUT2D eigenvalue weighted by molar-refractivity contribution is 6.07. The van der Waals surface area contributed by atoms with Gasteiger partial charge in [-0.25, -0.2) is 4.98 Å². The zero-order valence-electron chi connectivity index (χ0n) is 16.2. The van der Waals surface area contributed by atoms with E-state index < -0.39 is 0 Å². The van der Waals surface area contributed by atoms with E-state index in [4.69, 9.17) is 0 Å². The summed E-state index contributed by atoms with van der Waals surface area (Å²) in [6.45, 7) is 2.22.